The van der Waals surface area contributed by atoms with Crippen molar-refractivity contribution in [1.82, 2.24) is 0 Å². The Balaban J connectivity index is 1.92. The van der Waals surface area contributed by atoms with Crippen molar-refractivity contribution in [2.75, 3.05) is 17.9 Å². The molecule has 1 heterocycles. The van der Waals surface area contributed by atoms with E-state index in [0.717, 1.165) is 18.2 Å². The molecule has 0 amide bonds. The van der Waals surface area contributed by atoms with Crippen LogP contribution in [0.3, 0.4) is 0 Å². The number of carboxylic acid groups (broad SMARTS) is 1. The molecule has 0 atom stereocenters. The summed E-state index contributed by atoms with van der Waals surface area (Å²) in [5, 5.41) is 8.89. The van der Waals surface area contributed by atoms with Crippen LogP contribution in [0, 0.1) is 5.82 Å². The van der Waals surface area contributed by atoms with Gasteiger partial charge in [0, 0.05) is 11.8 Å². The molecule has 0 saturated heterocycles. The lowest BCUT2D eigenvalue weighted by Gasteiger charge is -2.19. The fourth-order valence-electron chi connectivity index (χ4n) is 2.16. The van der Waals surface area contributed by atoms with Gasteiger partial charge in [0.05, 0.1) is 10.5 Å². The minimum atomic E-state index is -4.00. The third-order valence-corrected chi connectivity index (χ3v) is 4.65. The average molecular weight is 353 g/mol. The molecule has 126 valence electrons. The quantitative estimate of drug-likeness (QED) is 0.873. The molecule has 1 aliphatic heterocycles. The topological polar surface area (TPSA) is 102 Å². The summed E-state index contributed by atoms with van der Waals surface area (Å²) in [6, 6.07) is 7.03. The van der Waals surface area contributed by atoms with Gasteiger partial charge in [0.1, 0.15) is 19.0 Å². The van der Waals surface area contributed by atoms with E-state index in [4.69, 9.17) is 14.6 Å². The number of fused-ring (bicyclic) bond motifs is 1. The molecule has 2 aromatic carbocycles. The number of rotatable bonds is 4. The molecule has 3 rings (SSSR count). The second-order valence-electron chi connectivity index (χ2n) is 4.91. The van der Waals surface area contributed by atoms with Crippen LogP contribution in [0.1, 0.15) is 10.4 Å². The highest BCUT2D eigenvalue weighted by Crippen LogP contribution is 2.32. The maximum atomic E-state index is 13.4. The molecule has 0 fully saturated rings. The fourth-order valence-corrected chi connectivity index (χ4v) is 3.22. The molecular weight excluding hydrogens is 341 g/mol. The highest BCUT2D eigenvalue weighted by molar-refractivity contribution is 7.92. The predicted molar refractivity (Wildman–Crippen MR) is 81.6 cm³/mol. The Labute approximate surface area is 136 Å². The monoisotopic (exact) mass is 353 g/mol. The Morgan fingerprint density at radius 3 is 2.50 bits per heavy atom. The first-order valence-electron chi connectivity index (χ1n) is 6.82. The van der Waals surface area contributed by atoms with Crippen LogP contribution in [0.4, 0.5) is 10.1 Å². The van der Waals surface area contributed by atoms with E-state index in [1.54, 1.807) is 0 Å². The largest absolute Gasteiger partial charge is 0.486 e. The summed E-state index contributed by atoms with van der Waals surface area (Å²) in [6.45, 7) is 0.689. The van der Waals surface area contributed by atoms with Crippen LogP contribution in [0.2, 0.25) is 0 Å². The van der Waals surface area contributed by atoms with E-state index >= 15 is 0 Å². The molecule has 0 radical (unpaired) electrons. The number of halogens is 1. The van der Waals surface area contributed by atoms with Crippen LogP contribution in [0.25, 0.3) is 0 Å². The summed E-state index contributed by atoms with van der Waals surface area (Å²) in [7, 11) is -4.00. The molecule has 24 heavy (non-hydrogen) atoms. The standard InChI is InChI=1S/C15H12FNO6S/c16-12-3-1-9(7-11(12)15(18)19)17-24(20,21)10-2-4-13-14(8-10)23-6-5-22-13/h1-4,7-8,17H,5-6H2,(H,18,19). The van der Waals surface area contributed by atoms with Crippen molar-refractivity contribution >= 4 is 21.7 Å². The highest BCUT2D eigenvalue weighted by atomic mass is 32.2. The highest BCUT2D eigenvalue weighted by Gasteiger charge is 2.20. The molecule has 9 heteroatoms. The first kappa shape index (κ1) is 16.1. The van der Waals surface area contributed by atoms with E-state index in [0.29, 0.717) is 24.7 Å². The van der Waals surface area contributed by atoms with Gasteiger partial charge in [-0.3, -0.25) is 4.72 Å². The van der Waals surface area contributed by atoms with Crippen LogP contribution >= 0.6 is 0 Å². The maximum Gasteiger partial charge on any atom is 0.338 e. The van der Waals surface area contributed by atoms with Gasteiger partial charge < -0.3 is 14.6 Å². The number of sulfonamides is 1. The predicted octanol–water partition coefficient (Wildman–Crippen LogP) is 2.10. The number of hydrogen-bond acceptors (Lipinski definition) is 5. The third kappa shape index (κ3) is 3.11. The molecule has 1 aliphatic rings. The van der Waals surface area contributed by atoms with Gasteiger partial charge in [-0.25, -0.2) is 17.6 Å². The van der Waals surface area contributed by atoms with Gasteiger partial charge >= 0.3 is 5.97 Å². The summed E-state index contributed by atoms with van der Waals surface area (Å²) in [6.07, 6.45) is 0. The Hall–Kier alpha value is -2.81. The number of carboxylic acids is 1. The zero-order valence-corrected chi connectivity index (χ0v) is 13.0. The molecule has 0 bridgehead atoms. The van der Waals surface area contributed by atoms with Crippen LogP contribution in [-0.2, 0) is 10.0 Å². The zero-order chi connectivity index (χ0) is 17.3. The van der Waals surface area contributed by atoms with E-state index < -0.39 is 27.4 Å². The SMILES string of the molecule is O=C(O)c1cc(NS(=O)(=O)c2ccc3c(c2)OCCO3)ccc1F. The lowest BCUT2D eigenvalue weighted by Crippen LogP contribution is -2.17. The lowest BCUT2D eigenvalue weighted by molar-refractivity contribution is 0.0692. The van der Waals surface area contributed by atoms with E-state index in [1.807, 2.05) is 0 Å². The summed E-state index contributed by atoms with van der Waals surface area (Å²) in [5.74, 6) is -1.71. The Morgan fingerprint density at radius 1 is 1.08 bits per heavy atom. The van der Waals surface area contributed by atoms with Gasteiger partial charge in [0.2, 0.25) is 0 Å². The van der Waals surface area contributed by atoms with Gasteiger partial charge in [-0.2, -0.15) is 0 Å². The van der Waals surface area contributed by atoms with Gasteiger partial charge in [-0.1, -0.05) is 0 Å². The summed E-state index contributed by atoms with van der Waals surface area (Å²) < 4.78 is 51.0. The minimum Gasteiger partial charge on any atom is -0.486 e. The van der Waals surface area contributed by atoms with Gasteiger partial charge in [-0.15, -0.1) is 0 Å². The maximum absolute atomic E-state index is 13.4. The van der Waals surface area contributed by atoms with E-state index in [9.17, 15) is 17.6 Å². The molecular formula is C15H12FNO6S. The van der Waals surface area contributed by atoms with E-state index in [-0.39, 0.29) is 10.6 Å². The van der Waals surface area contributed by atoms with Crippen LogP contribution in [0.5, 0.6) is 11.5 Å². The van der Waals surface area contributed by atoms with Gasteiger partial charge in [0.25, 0.3) is 10.0 Å². The van der Waals surface area contributed by atoms with Crippen molar-refractivity contribution in [2.24, 2.45) is 0 Å². The normalized spacial score (nSPS) is 13.4. The molecule has 7 nitrogen and oxygen atoms in total. The zero-order valence-electron chi connectivity index (χ0n) is 12.2. The molecule has 0 unspecified atom stereocenters. The second kappa shape index (κ2) is 6.00. The minimum absolute atomic E-state index is 0.0660. The molecule has 0 aromatic heterocycles. The fraction of sp³-hybridized carbons (Fsp3) is 0.133. The van der Waals surface area contributed by atoms with E-state index in [1.165, 1.54) is 18.2 Å². The van der Waals surface area contributed by atoms with Crippen molar-refractivity contribution in [3.63, 3.8) is 0 Å². The Morgan fingerprint density at radius 2 is 1.79 bits per heavy atom. The number of carbonyl (C=O) groups is 1. The molecule has 2 N–H and O–H groups in total. The van der Waals surface area contributed by atoms with Crippen LogP contribution < -0.4 is 14.2 Å². The van der Waals surface area contributed by atoms with Crippen molar-refractivity contribution < 1.29 is 32.2 Å². The smallest absolute Gasteiger partial charge is 0.338 e. The summed E-state index contributed by atoms with van der Waals surface area (Å²) >= 11 is 0. The molecule has 2 aromatic rings. The molecule has 0 spiro atoms. The Kier molecular flexibility index (Phi) is 4.02. The first-order valence-corrected chi connectivity index (χ1v) is 8.30. The van der Waals surface area contributed by atoms with Crippen LogP contribution in [-0.4, -0.2) is 32.7 Å². The average Bonchev–Trinajstić information content (AvgIpc) is 2.55. The Bertz CT molecular complexity index is 912. The molecule has 0 saturated carbocycles. The van der Waals surface area contributed by atoms with Crippen molar-refractivity contribution in [2.45, 2.75) is 4.90 Å². The van der Waals surface area contributed by atoms with E-state index in [2.05, 4.69) is 4.72 Å². The van der Waals surface area contributed by atoms with Crippen molar-refractivity contribution in [3.8, 4) is 11.5 Å². The van der Waals surface area contributed by atoms with Crippen LogP contribution in [0.15, 0.2) is 41.3 Å². The second-order valence-corrected chi connectivity index (χ2v) is 6.59. The van der Waals surface area contributed by atoms with Gasteiger partial charge in [-0.05, 0) is 30.3 Å². The van der Waals surface area contributed by atoms with Gasteiger partial charge in [0.15, 0.2) is 11.5 Å². The number of hydrogen-bond donors (Lipinski definition) is 2. The van der Waals surface area contributed by atoms with Crippen molar-refractivity contribution in [3.05, 3.63) is 47.8 Å². The number of aromatic carboxylic acids is 1. The summed E-state index contributed by atoms with van der Waals surface area (Å²) in [4.78, 5) is 10.8. The summed E-state index contributed by atoms with van der Waals surface area (Å²) in [5.41, 5.74) is -0.693. The molecule has 0 aliphatic carbocycles. The number of benzene rings is 2. The third-order valence-electron chi connectivity index (χ3n) is 3.27. The van der Waals surface area contributed by atoms with Crippen molar-refractivity contribution in [1.29, 1.82) is 0 Å². The number of nitrogens with one attached hydrogen (secondary N) is 1. The number of ether oxygens (including phenoxy) is 2. The lowest BCUT2D eigenvalue weighted by atomic mass is 10.2. The number of anilines is 1. The first-order chi connectivity index (χ1) is 11.4.